The van der Waals surface area contributed by atoms with Crippen LogP contribution in [-0.4, -0.2) is 19.9 Å². The number of benzene rings is 2. The van der Waals surface area contributed by atoms with Gasteiger partial charge in [0.1, 0.15) is 0 Å². The number of hydrogen-bond acceptors (Lipinski definition) is 3. The van der Waals surface area contributed by atoms with Gasteiger partial charge in [-0.3, -0.25) is 4.79 Å². The summed E-state index contributed by atoms with van der Waals surface area (Å²) < 4.78 is 27.4. The van der Waals surface area contributed by atoms with Crippen molar-refractivity contribution in [2.24, 2.45) is 0 Å². The summed E-state index contributed by atoms with van der Waals surface area (Å²) >= 11 is 0. The second-order valence-corrected chi connectivity index (χ2v) is 8.57. The molecule has 2 aromatic carbocycles. The second kappa shape index (κ2) is 7.37. The highest BCUT2D eigenvalue weighted by Crippen LogP contribution is 2.16. The van der Waals surface area contributed by atoms with Gasteiger partial charge in [0.15, 0.2) is 0 Å². The van der Waals surface area contributed by atoms with Gasteiger partial charge in [0.25, 0.3) is 5.91 Å². The van der Waals surface area contributed by atoms with E-state index in [0.29, 0.717) is 5.69 Å². The fraction of sp³-hybridized carbons (Fsp3) is 0.316. The van der Waals surface area contributed by atoms with Gasteiger partial charge >= 0.3 is 0 Å². The van der Waals surface area contributed by atoms with Gasteiger partial charge in [0.05, 0.1) is 4.90 Å². The number of sulfonamides is 1. The molecule has 0 aromatic heterocycles. The Morgan fingerprint density at radius 3 is 2.24 bits per heavy atom. The molecule has 5 nitrogen and oxygen atoms in total. The summed E-state index contributed by atoms with van der Waals surface area (Å²) in [5.41, 5.74) is 1.54. The zero-order valence-electron chi connectivity index (χ0n) is 15.0. The van der Waals surface area contributed by atoms with E-state index in [9.17, 15) is 13.2 Å². The van der Waals surface area contributed by atoms with Gasteiger partial charge in [-0.05, 0) is 63.1 Å². The molecule has 1 amide bonds. The topological polar surface area (TPSA) is 75.3 Å². The zero-order chi connectivity index (χ0) is 18.7. The third-order valence-electron chi connectivity index (χ3n) is 3.47. The molecule has 0 aliphatic carbocycles. The largest absolute Gasteiger partial charge is 0.322 e. The molecule has 0 fully saturated rings. The van der Waals surface area contributed by atoms with Crippen molar-refractivity contribution in [3.63, 3.8) is 0 Å². The quantitative estimate of drug-likeness (QED) is 0.856. The zero-order valence-corrected chi connectivity index (χ0v) is 15.8. The molecule has 0 radical (unpaired) electrons. The molecule has 0 unspecified atom stereocenters. The van der Waals surface area contributed by atoms with Crippen LogP contribution in [0.1, 0.15) is 43.6 Å². The van der Waals surface area contributed by atoms with E-state index in [0.717, 1.165) is 6.42 Å². The van der Waals surface area contributed by atoms with Crippen molar-refractivity contribution in [2.75, 3.05) is 5.32 Å². The van der Waals surface area contributed by atoms with Crippen LogP contribution in [0.2, 0.25) is 0 Å². The number of aryl methyl sites for hydroxylation is 1. The number of rotatable bonds is 5. The molecular formula is C19H24N2O3S. The van der Waals surface area contributed by atoms with Crippen LogP contribution in [0.4, 0.5) is 5.69 Å². The smallest absolute Gasteiger partial charge is 0.255 e. The molecule has 0 saturated heterocycles. The predicted octanol–water partition coefficient (Wildman–Crippen LogP) is 3.58. The van der Waals surface area contributed by atoms with Gasteiger partial charge in [-0.1, -0.05) is 25.1 Å². The average Bonchev–Trinajstić information content (AvgIpc) is 2.53. The summed E-state index contributed by atoms with van der Waals surface area (Å²) in [5.74, 6) is -0.350. The highest BCUT2D eigenvalue weighted by molar-refractivity contribution is 7.89. The van der Waals surface area contributed by atoms with Crippen molar-refractivity contribution in [3.05, 3.63) is 59.7 Å². The van der Waals surface area contributed by atoms with Crippen LogP contribution in [0.15, 0.2) is 53.4 Å². The lowest BCUT2D eigenvalue weighted by molar-refractivity contribution is 0.102. The number of carbonyl (C=O) groups is 1. The second-order valence-electron chi connectivity index (χ2n) is 6.89. The molecule has 0 heterocycles. The number of carbonyl (C=O) groups excluding carboxylic acids is 1. The minimum absolute atomic E-state index is 0.0661. The van der Waals surface area contributed by atoms with Crippen molar-refractivity contribution in [2.45, 2.75) is 44.6 Å². The minimum atomic E-state index is -3.69. The van der Waals surface area contributed by atoms with E-state index in [-0.39, 0.29) is 16.4 Å². The van der Waals surface area contributed by atoms with Crippen molar-refractivity contribution in [3.8, 4) is 0 Å². The van der Waals surface area contributed by atoms with E-state index < -0.39 is 15.6 Å². The Bertz CT molecular complexity index is 851. The summed E-state index contributed by atoms with van der Waals surface area (Å²) in [7, 11) is -3.69. The highest BCUT2D eigenvalue weighted by atomic mass is 32.2. The van der Waals surface area contributed by atoms with Crippen molar-refractivity contribution in [1.29, 1.82) is 0 Å². The van der Waals surface area contributed by atoms with E-state index in [2.05, 4.69) is 17.0 Å². The van der Waals surface area contributed by atoms with Gasteiger partial charge in [0, 0.05) is 16.8 Å². The Morgan fingerprint density at radius 1 is 1.04 bits per heavy atom. The van der Waals surface area contributed by atoms with E-state index in [1.807, 2.05) is 24.3 Å². The number of nitrogens with one attached hydrogen (secondary N) is 2. The van der Waals surface area contributed by atoms with E-state index in [1.54, 1.807) is 32.9 Å². The fourth-order valence-corrected chi connectivity index (χ4v) is 3.76. The normalized spacial score (nSPS) is 12.0. The summed E-state index contributed by atoms with van der Waals surface area (Å²) in [4.78, 5) is 12.5. The number of hydrogen-bond donors (Lipinski definition) is 2. The predicted molar refractivity (Wildman–Crippen MR) is 100 cm³/mol. The van der Waals surface area contributed by atoms with Crippen LogP contribution in [0, 0.1) is 0 Å². The monoisotopic (exact) mass is 360 g/mol. The molecule has 0 bridgehead atoms. The van der Waals surface area contributed by atoms with Crippen LogP contribution in [0.25, 0.3) is 0 Å². The van der Waals surface area contributed by atoms with Crippen LogP contribution in [0.3, 0.4) is 0 Å². The summed E-state index contributed by atoms with van der Waals surface area (Å²) in [5, 5.41) is 2.78. The van der Waals surface area contributed by atoms with Gasteiger partial charge in [0.2, 0.25) is 10.0 Å². The first-order valence-electron chi connectivity index (χ1n) is 8.15. The fourth-order valence-electron chi connectivity index (χ4n) is 2.29. The Labute approximate surface area is 149 Å². The SMILES string of the molecule is CCc1ccc(NC(=O)c2cccc(S(=O)(=O)NC(C)(C)C)c2)cc1. The number of anilines is 1. The Hall–Kier alpha value is -2.18. The van der Waals surface area contributed by atoms with Crippen LogP contribution >= 0.6 is 0 Å². The molecule has 2 aromatic rings. The lowest BCUT2D eigenvalue weighted by Gasteiger charge is -2.20. The molecular weight excluding hydrogens is 336 g/mol. The Balaban J connectivity index is 2.21. The summed E-state index contributed by atoms with van der Waals surface area (Å²) in [6, 6.07) is 13.6. The Morgan fingerprint density at radius 2 is 1.68 bits per heavy atom. The molecule has 0 spiro atoms. The molecule has 2 N–H and O–H groups in total. The molecule has 6 heteroatoms. The maximum absolute atomic E-state index is 12.4. The van der Waals surface area contributed by atoms with Gasteiger partial charge in [-0.2, -0.15) is 0 Å². The first-order chi connectivity index (χ1) is 11.6. The van der Waals surface area contributed by atoms with Crippen molar-refractivity contribution < 1.29 is 13.2 Å². The first kappa shape index (κ1) is 19.1. The van der Waals surface area contributed by atoms with Gasteiger partial charge < -0.3 is 5.32 Å². The lowest BCUT2D eigenvalue weighted by Crippen LogP contribution is -2.40. The first-order valence-corrected chi connectivity index (χ1v) is 9.63. The molecule has 2 rings (SSSR count). The molecule has 0 aliphatic rings. The maximum Gasteiger partial charge on any atom is 0.255 e. The maximum atomic E-state index is 12.4. The standard InChI is InChI=1S/C19H24N2O3S/c1-5-14-9-11-16(12-10-14)20-18(22)15-7-6-8-17(13-15)25(23,24)21-19(2,3)4/h6-13,21H,5H2,1-4H3,(H,20,22). The third kappa shape index (κ3) is 5.41. The minimum Gasteiger partial charge on any atom is -0.322 e. The summed E-state index contributed by atoms with van der Waals surface area (Å²) in [6.45, 7) is 7.36. The molecule has 134 valence electrons. The molecule has 25 heavy (non-hydrogen) atoms. The van der Waals surface area contributed by atoms with Crippen LogP contribution in [-0.2, 0) is 16.4 Å². The third-order valence-corrected chi connectivity index (χ3v) is 5.22. The van der Waals surface area contributed by atoms with Crippen LogP contribution in [0.5, 0.6) is 0 Å². The van der Waals surface area contributed by atoms with Gasteiger partial charge in [-0.25, -0.2) is 13.1 Å². The summed E-state index contributed by atoms with van der Waals surface area (Å²) in [6.07, 6.45) is 0.926. The van der Waals surface area contributed by atoms with Crippen molar-refractivity contribution >= 4 is 21.6 Å². The Kier molecular flexibility index (Phi) is 5.65. The van der Waals surface area contributed by atoms with Gasteiger partial charge in [-0.15, -0.1) is 0 Å². The average molecular weight is 360 g/mol. The van der Waals surface area contributed by atoms with Crippen LogP contribution < -0.4 is 10.0 Å². The molecule has 0 atom stereocenters. The van der Waals surface area contributed by atoms with E-state index >= 15 is 0 Å². The highest BCUT2D eigenvalue weighted by Gasteiger charge is 2.22. The van der Waals surface area contributed by atoms with Crippen molar-refractivity contribution in [1.82, 2.24) is 4.72 Å². The van der Waals surface area contributed by atoms with E-state index in [4.69, 9.17) is 0 Å². The lowest BCUT2D eigenvalue weighted by atomic mass is 10.1. The van der Waals surface area contributed by atoms with E-state index in [1.165, 1.54) is 17.7 Å². The molecule has 0 saturated carbocycles. The number of amides is 1. The molecule has 0 aliphatic heterocycles.